The molecule has 0 spiro atoms. The van der Waals surface area contributed by atoms with E-state index in [1.54, 1.807) is 12.1 Å². The molecular weight excluding hydrogens is 210 g/mol. The Morgan fingerprint density at radius 1 is 1.56 bits per heavy atom. The highest BCUT2D eigenvalue weighted by Gasteiger charge is 2.10. The third kappa shape index (κ3) is 3.13. The summed E-state index contributed by atoms with van der Waals surface area (Å²) in [5.41, 5.74) is 6.35. The second kappa shape index (κ2) is 5.37. The van der Waals surface area contributed by atoms with Crippen LogP contribution in [-0.2, 0) is 4.74 Å². The fraction of sp³-hybridized carbons (Fsp3) is 0.364. The number of hydrogen-bond acceptors (Lipinski definition) is 5. The average molecular weight is 225 g/mol. The summed E-state index contributed by atoms with van der Waals surface area (Å²) in [5.74, 6) is -0.0117. The van der Waals surface area contributed by atoms with E-state index in [0.717, 1.165) is 0 Å². The van der Waals surface area contributed by atoms with Crippen LogP contribution in [0, 0.1) is 0 Å². The number of carbonyl (C=O) groups is 1. The number of carbonyl (C=O) groups excluding carboxylic acids is 1. The van der Waals surface area contributed by atoms with Crippen molar-refractivity contribution in [2.45, 2.75) is 13.0 Å². The molecular formula is C11H15NO4. The summed E-state index contributed by atoms with van der Waals surface area (Å²) < 4.78 is 9.79. The summed E-state index contributed by atoms with van der Waals surface area (Å²) in [5, 5.41) is 8.96. The molecule has 88 valence electrons. The van der Waals surface area contributed by atoms with Gasteiger partial charge < -0.3 is 20.3 Å². The molecule has 1 rings (SSSR count). The van der Waals surface area contributed by atoms with Gasteiger partial charge in [-0.2, -0.15) is 0 Å². The first-order chi connectivity index (χ1) is 7.54. The molecule has 0 saturated carbocycles. The van der Waals surface area contributed by atoms with Crippen molar-refractivity contribution in [1.82, 2.24) is 0 Å². The lowest BCUT2D eigenvalue weighted by Crippen LogP contribution is -2.15. The second-order valence-corrected chi connectivity index (χ2v) is 3.40. The van der Waals surface area contributed by atoms with E-state index in [9.17, 15) is 4.79 Å². The third-order valence-corrected chi connectivity index (χ3v) is 1.92. The van der Waals surface area contributed by atoms with Crippen molar-refractivity contribution in [1.29, 1.82) is 0 Å². The van der Waals surface area contributed by atoms with Gasteiger partial charge in [0.1, 0.15) is 12.4 Å². The van der Waals surface area contributed by atoms with Gasteiger partial charge in [0, 0.05) is 0 Å². The molecule has 1 aromatic carbocycles. The zero-order valence-electron chi connectivity index (χ0n) is 9.27. The molecule has 0 aromatic heterocycles. The Hall–Kier alpha value is -1.75. The van der Waals surface area contributed by atoms with E-state index < -0.39 is 12.1 Å². The van der Waals surface area contributed by atoms with Crippen molar-refractivity contribution in [3.8, 4) is 5.75 Å². The Bertz CT molecular complexity index is 376. The van der Waals surface area contributed by atoms with E-state index in [-0.39, 0.29) is 6.61 Å². The molecule has 0 saturated heterocycles. The van der Waals surface area contributed by atoms with Crippen LogP contribution in [0.5, 0.6) is 5.75 Å². The molecule has 1 unspecified atom stereocenters. The van der Waals surface area contributed by atoms with Gasteiger partial charge >= 0.3 is 5.97 Å². The van der Waals surface area contributed by atoms with E-state index >= 15 is 0 Å². The maximum absolute atomic E-state index is 11.5. The predicted molar refractivity (Wildman–Crippen MR) is 59.4 cm³/mol. The van der Waals surface area contributed by atoms with Gasteiger partial charge in [-0.25, -0.2) is 4.79 Å². The van der Waals surface area contributed by atoms with Crippen molar-refractivity contribution < 1.29 is 19.4 Å². The maximum Gasteiger partial charge on any atom is 0.338 e. The standard InChI is InChI=1S/C11H15NO4/c1-7(13)6-16-11(14)8-3-4-10(15-2)9(12)5-8/h3-5,7,13H,6,12H2,1-2H3. The highest BCUT2D eigenvalue weighted by molar-refractivity contribution is 5.91. The largest absolute Gasteiger partial charge is 0.495 e. The Balaban J connectivity index is 2.73. The van der Waals surface area contributed by atoms with Crippen LogP contribution in [0.4, 0.5) is 5.69 Å². The maximum atomic E-state index is 11.5. The van der Waals surface area contributed by atoms with E-state index in [2.05, 4.69) is 0 Å². The number of nitrogens with two attached hydrogens (primary N) is 1. The number of aliphatic hydroxyl groups excluding tert-OH is 1. The molecule has 1 atom stereocenters. The van der Waals surface area contributed by atoms with Crippen LogP contribution in [0.3, 0.4) is 0 Å². The van der Waals surface area contributed by atoms with Gasteiger partial charge in [-0.3, -0.25) is 0 Å². The topological polar surface area (TPSA) is 81.8 Å². The van der Waals surface area contributed by atoms with Crippen molar-refractivity contribution in [3.63, 3.8) is 0 Å². The van der Waals surface area contributed by atoms with Crippen LogP contribution in [0.1, 0.15) is 17.3 Å². The molecule has 1 aromatic rings. The summed E-state index contributed by atoms with van der Waals surface area (Å²) >= 11 is 0. The van der Waals surface area contributed by atoms with Gasteiger partial charge in [-0.05, 0) is 25.1 Å². The molecule has 0 aliphatic carbocycles. The Morgan fingerprint density at radius 2 is 2.25 bits per heavy atom. The van der Waals surface area contributed by atoms with Gasteiger partial charge in [-0.15, -0.1) is 0 Å². The normalized spacial score (nSPS) is 11.9. The molecule has 0 fully saturated rings. The molecule has 5 heteroatoms. The molecule has 0 aliphatic heterocycles. The summed E-state index contributed by atoms with van der Waals surface area (Å²) in [6.45, 7) is 1.50. The number of rotatable bonds is 4. The summed E-state index contributed by atoms with van der Waals surface area (Å²) in [6.07, 6.45) is -0.681. The van der Waals surface area contributed by atoms with Gasteiger partial charge in [0.05, 0.1) is 24.5 Å². The third-order valence-electron chi connectivity index (χ3n) is 1.92. The van der Waals surface area contributed by atoms with Crippen molar-refractivity contribution in [2.24, 2.45) is 0 Å². The molecule has 0 aliphatic rings. The number of nitrogen functional groups attached to an aromatic ring is 1. The first kappa shape index (κ1) is 12.3. The Labute approximate surface area is 93.8 Å². The summed E-state index contributed by atoms with van der Waals surface area (Å²) in [6, 6.07) is 4.62. The van der Waals surface area contributed by atoms with Crippen LogP contribution >= 0.6 is 0 Å². The van der Waals surface area contributed by atoms with Crippen LogP contribution in [-0.4, -0.2) is 30.9 Å². The zero-order valence-corrected chi connectivity index (χ0v) is 9.27. The van der Waals surface area contributed by atoms with Crippen LogP contribution in [0.2, 0.25) is 0 Å². The summed E-state index contributed by atoms with van der Waals surface area (Å²) in [4.78, 5) is 11.5. The summed E-state index contributed by atoms with van der Waals surface area (Å²) in [7, 11) is 1.50. The number of benzene rings is 1. The van der Waals surface area contributed by atoms with Crippen molar-refractivity contribution >= 4 is 11.7 Å². The number of anilines is 1. The number of aliphatic hydroxyl groups is 1. The van der Waals surface area contributed by atoms with Crippen LogP contribution in [0.15, 0.2) is 18.2 Å². The molecule has 0 heterocycles. The lowest BCUT2D eigenvalue weighted by Gasteiger charge is -2.08. The minimum atomic E-state index is -0.681. The SMILES string of the molecule is COc1ccc(C(=O)OCC(C)O)cc1N. The van der Waals surface area contributed by atoms with E-state index in [0.29, 0.717) is 17.0 Å². The number of hydrogen-bond donors (Lipinski definition) is 2. The van der Waals surface area contributed by atoms with Crippen molar-refractivity contribution in [2.75, 3.05) is 19.5 Å². The minimum absolute atomic E-state index is 0.0369. The van der Waals surface area contributed by atoms with E-state index in [1.807, 2.05) is 0 Å². The smallest absolute Gasteiger partial charge is 0.338 e. The number of ether oxygens (including phenoxy) is 2. The highest BCUT2D eigenvalue weighted by atomic mass is 16.5. The van der Waals surface area contributed by atoms with Gasteiger partial charge in [0.25, 0.3) is 0 Å². The second-order valence-electron chi connectivity index (χ2n) is 3.40. The van der Waals surface area contributed by atoms with E-state index in [4.69, 9.17) is 20.3 Å². The highest BCUT2D eigenvalue weighted by Crippen LogP contribution is 2.22. The Kier molecular flexibility index (Phi) is 4.13. The molecule has 16 heavy (non-hydrogen) atoms. The fourth-order valence-corrected chi connectivity index (χ4v) is 1.14. The minimum Gasteiger partial charge on any atom is -0.495 e. The van der Waals surface area contributed by atoms with Gasteiger partial charge in [0.15, 0.2) is 0 Å². The first-order valence-corrected chi connectivity index (χ1v) is 4.83. The molecule has 0 radical (unpaired) electrons. The number of esters is 1. The van der Waals surface area contributed by atoms with Crippen molar-refractivity contribution in [3.05, 3.63) is 23.8 Å². The zero-order chi connectivity index (χ0) is 12.1. The molecule has 3 N–H and O–H groups in total. The molecule has 5 nitrogen and oxygen atoms in total. The first-order valence-electron chi connectivity index (χ1n) is 4.83. The predicted octanol–water partition coefficient (Wildman–Crippen LogP) is 0.815. The quantitative estimate of drug-likeness (QED) is 0.585. The molecule has 0 bridgehead atoms. The van der Waals surface area contributed by atoms with E-state index in [1.165, 1.54) is 20.1 Å². The Morgan fingerprint density at radius 3 is 2.75 bits per heavy atom. The van der Waals surface area contributed by atoms with Gasteiger partial charge in [-0.1, -0.05) is 0 Å². The monoisotopic (exact) mass is 225 g/mol. The lowest BCUT2D eigenvalue weighted by atomic mass is 10.2. The molecule has 0 amide bonds. The lowest BCUT2D eigenvalue weighted by molar-refractivity contribution is 0.0296. The van der Waals surface area contributed by atoms with Crippen LogP contribution in [0.25, 0.3) is 0 Å². The van der Waals surface area contributed by atoms with Crippen LogP contribution < -0.4 is 10.5 Å². The fourth-order valence-electron chi connectivity index (χ4n) is 1.14. The average Bonchev–Trinajstić information content (AvgIpc) is 2.25. The number of methoxy groups -OCH3 is 1. The van der Waals surface area contributed by atoms with Gasteiger partial charge in [0.2, 0.25) is 0 Å².